The Hall–Kier alpha value is -0.120. The van der Waals surface area contributed by atoms with Crippen molar-refractivity contribution in [3.8, 4) is 0 Å². The maximum Gasteiger partial charge on any atom is 0.0700 e. The summed E-state index contributed by atoms with van der Waals surface area (Å²) in [7, 11) is 2.14. The molecule has 0 spiro atoms. The molecule has 4 atom stereocenters. The van der Waals surface area contributed by atoms with E-state index in [-0.39, 0.29) is 0 Å². The van der Waals surface area contributed by atoms with Crippen molar-refractivity contribution in [3.05, 3.63) is 0 Å². The number of nitrogens with one attached hydrogen (secondary N) is 1. The Kier molecular flexibility index (Phi) is 6.10. The van der Waals surface area contributed by atoms with Crippen LogP contribution in [0.15, 0.2) is 0 Å². The molecule has 2 fully saturated rings. The van der Waals surface area contributed by atoms with Gasteiger partial charge in [-0.05, 0) is 44.1 Å². The number of likely N-dealkylation sites (N-methyl/N-ethyl adjacent to an activating group) is 1. The molecule has 0 radical (unpaired) electrons. The van der Waals surface area contributed by atoms with Crippen molar-refractivity contribution in [1.29, 1.82) is 0 Å². The van der Waals surface area contributed by atoms with Gasteiger partial charge >= 0.3 is 0 Å². The zero-order valence-electron chi connectivity index (χ0n) is 14.8. The molecule has 1 aliphatic heterocycles. The molecule has 0 amide bonds. The van der Waals surface area contributed by atoms with Gasteiger partial charge in [0.05, 0.1) is 12.7 Å². The van der Waals surface area contributed by atoms with E-state index in [1.165, 1.54) is 25.7 Å². The molecule has 21 heavy (non-hydrogen) atoms. The van der Waals surface area contributed by atoms with Crippen LogP contribution in [0.1, 0.15) is 59.8 Å². The van der Waals surface area contributed by atoms with Crippen LogP contribution < -0.4 is 5.32 Å². The minimum absolute atomic E-state index is 0.441. The third-order valence-electron chi connectivity index (χ3n) is 6.30. The molecule has 1 heterocycles. The first kappa shape index (κ1) is 17.2. The number of nitrogens with zero attached hydrogens (tertiary/aromatic N) is 1. The van der Waals surface area contributed by atoms with Crippen molar-refractivity contribution in [3.63, 3.8) is 0 Å². The van der Waals surface area contributed by atoms with Gasteiger partial charge in [-0.3, -0.25) is 4.90 Å². The summed E-state index contributed by atoms with van der Waals surface area (Å²) >= 11 is 0. The van der Waals surface area contributed by atoms with Gasteiger partial charge < -0.3 is 10.1 Å². The van der Waals surface area contributed by atoms with E-state index in [4.69, 9.17) is 4.74 Å². The fourth-order valence-electron chi connectivity index (χ4n) is 4.18. The molecule has 3 nitrogen and oxygen atoms in total. The van der Waals surface area contributed by atoms with Crippen LogP contribution in [0.25, 0.3) is 0 Å². The van der Waals surface area contributed by atoms with Crippen molar-refractivity contribution in [2.45, 2.75) is 78.0 Å². The van der Waals surface area contributed by atoms with Crippen molar-refractivity contribution >= 4 is 0 Å². The largest absolute Gasteiger partial charge is 0.376 e. The Labute approximate surface area is 131 Å². The zero-order valence-corrected chi connectivity index (χ0v) is 14.8. The molecular weight excluding hydrogens is 260 g/mol. The predicted octanol–water partition coefficient (Wildman–Crippen LogP) is 3.29. The van der Waals surface area contributed by atoms with Gasteiger partial charge in [0.2, 0.25) is 0 Å². The maximum atomic E-state index is 5.87. The molecule has 0 bridgehead atoms. The van der Waals surface area contributed by atoms with Crippen LogP contribution in [0.4, 0.5) is 0 Å². The summed E-state index contributed by atoms with van der Waals surface area (Å²) in [5.74, 6) is 0.861. The molecule has 2 rings (SSSR count). The molecule has 3 heteroatoms. The predicted molar refractivity (Wildman–Crippen MR) is 89.7 cm³/mol. The minimum Gasteiger partial charge on any atom is -0.376 e. The quantitative estimate of drug-likeness (QED) is 0.842. The van der Waals surface area contributed by atoms with Crippen LogP contribution in [-0.4, -0.2) is 49.8 Å². The highest BCUT2D eigenvalue weighted by atomic mass is 16.5. The first-order valence-electron chi connectivity index (χ1n) is 9.04. The summed E-state index contributed by atoms with van der Waals surface area (Å²) in [5, 5.41) is 3.59. The summed E-state index contributed by atoms with van der Waals surface area (Å²) in [6.07, 6.45) is 6.92. The molecule has 1 saturated heterocycles. The average molecular weight is 296 g/mol. The highest BCUT2D eigenvalue weighted by Crippen LogP contribution is 2.42. The Morgan fingerprint density at radius 3 is 2.62 bits per heavy atom. The summed E-state index contributed by atoms with van der Waals surface area (Å²) < 4.78 is 5.87. The molecule has 4 unspecified atom stereocenters. The standard InChI is InChI=1S/C18H36N2O/c1-6-15-13-20(10-11-21-15)17-12-14(18(3,4)7-2)8-9-16(17)19-5/h14-17,19H,6-13H2,1-5H3. The van der Waals surface area contributed by atoms with Gasteiger partial charge in [-0.15, -0.1) is 0 Å². The topological polar surface area (TPSA) is 24.5 Å². The van der Waals surface area contributed by atoms with E-state index < -0.39 is 0 Å². The van der Waals surface area contributed by atoms with Gasteiger partial charge in [-0.25, -0.2) is 0 Å². The third kappa shape index (κ3) is 4.00. The van der Waals surface area contributed by atoms with Crippen LogP contribution in [-0.2, 0) is 4.74 Å². The highest BCUT2D eigenvalue weighted by Gasteiger charge is 2.40. The first-order valence-corrected chi connectivity index (χ1v) is 9.04. The fourth-order valence-corrected chi connectivity index (χ4v) is 4.18. The number of ether oxygens (including phenoxy) is 1. The second-order valence-electron chi connectivity index (χ2n) is 7.71. The first-order chi connectivity index (χ1) is 10.0. The van der Waals surface area contributed by atoms with Crippen LogP contribution >= 0.6 is 0 Å². The lowest BCUT2D eigenvalue weighted by Gasteiger charge is -2.48. The number of hydrogen-bond acceptors (Lipinski definition) is 3. The van der Waals surface area contributed by atoms with Crippen molar-refractivity contribution in [2.75, 3.05) is 26.7 Å². The lowest BCUT2D eigenvalue weighted by atomic mass is 9.67. The minimum atomic E-state index is 0.441. The Bertz CT molecular complexity index is 318. The van der Waals surface area contributed by atoms with Crippen LogP contribution in [0.2, 0.25) is 0 Å². The summed E-state index contributed by atoms with van der Waals surface area (Å²) in [6, 6.07) is 1.35. The summed E-state index contributed by atoms with van der Waals surface area (Å²) in [4.78, 5) is 2.72. The average Bonchev–Trinajstić information content (AvgIpc) is 2.54. The molecule has 2 aliphatic rings. The molecular formula is C18H36N2O. The number of rotatable bonds is 5. The Morgan fingerprint density at radius 1 is 1.24 bits per heavy atom. The van der Waals surface area contributed by atoms with Gasteiger partial charge in [0.1, 0.15) is 0 Å². The van der Waals surface area contributed by atoms with Gasteiger partial charge in [0.25, 0.3) is 0 Å². The second-order valence-corrected chi connectivity index (χ2v) is 7.71. The monoisotopic (exact) mass is 296 g/mol. The van der Waals surface area contributed by atoms with Crippen LogP contribution in [0.3, 0.4) is 0 Å². The van der Waals surface area contributed by atoms with Crippen LogP contribution in [0.5, 0.6) is 0 Å². The molecule has 124 valence electrons. The zero-order chi connectivity index (χ0) is 15.5. The van der Waals surface area contributed by atoms with Gasteiger partial charge in [0.15, 0.2) is 0 Å². The number of hydrogen-bond donors (Lipinski definition) is 1. The van der Waals surface area contributed by atoms with E-state index in [2.05, 4.69) is 45.0 Å². The molecule has 1 aliphatic carbocycles. The van der Waals surface area contributed by atoms with Gasteiger partial charge in [0, 0.05) is 25.2 Å². The summed E-state index contributed by atoms with van der Waals surface area (Å²) in [6.45, 7) is 12.7. The van der Waals surface area contributed by atoms with Crippen molar-refractivity contribution in [1.82, 2.24) is 10.2 Å². The SMILES string of the molecule is CCC1CN(C2CC(C(C)(C)CC)CCC2NC)CCO1. The Balaban J connectivity index is 2.06. The lowest BCUT2D eigenvalue weighted by Crippen LogP contribution is -2.57. The van der Waals surface area contributed by atoms with E-state index in [0.29, 0.717) is 23.6 Å². The van der Waals surface area contributed by atoms with Gasteiger partial charge in [-0.1, -0.05) is 34.1 Å². The highest BCUT2D eigenvalue weighted by molar-refractivity contribution is 4.95. The third-order valence-corrected chi connectivity index (χ3v) is 6.30. The van der Waals surface area contributed by atoms with Crippen molar-refractivity contribution in [2.24, 2.45) is 11.3 Å². The van der Waals surface area contributed by atoms with Crippen molar-refractivity contribution < 1.29 is 4.74 Å². The maximum absolute atomic E-state index is 5.87. The smallest absolute Gasteiger partial charge is 0.0700 e. The van der Waals surface area contributed by atoms with E-state index in [9.17, 15) is 0 Å². The second kappa shape index (κ2) is 7.43. The molecule has 1 saturated carbocycles. The number of morpholine rings is 1. The summed E-state index contributed by atoms with van der Waals surface area (Å²) in [5.41, 5.74) is 0.480. The normalized spacial score (nSPS) is 35.9. The van der Waals surface area contributed by atoms with E-state index >= 15 is 0 Å². The van der Waals surface area contributed by atoms with Gasteiger partial charge in [-0.2, -0.15) is 0 Å². The van der Waals surface area contributed by atoms with E-state index in [1.54, 1.807) is 0 Å². The fraction of sp³-hybridized carbons (Fsp3) is 1.00. The van der Waals surface area contributed by atoms with E-state index in [0.717, 1.165) is 32.0 Å². The molecule has 0 aromatic rings. The Morgan fingerprint density at radius 2 is 2.00 bits per heavy atom. The molecule has 1 N–H and O–H groups in total. The molecule has 0 aromatic heterocycles. The van der Waals surface area contributed by atoms with Crippen LogP contribution in [0, 0.1) is 11.3 Å². The molecule has 0 aromatic carbocycles. The lowest BCUT2D eigenvalue weighted by molar-refractivity contribution is -0.0628. The van der Waals surface area contributed by atoms with E-state index in [1.807, 2.05) is 0 Å².